The lowest BCUT2D eigenvalue weighted by molar-refractivity contribution is 0.580. The molecule has 0 aromatic carbocycles. The van der Waals surface area contributed by atoms with Gasteiger partial charge in [-0.05, 0) is 30.2 Å². The van der Waals surface area contributed by atoms with E-state index in [1.807, 2.05) is 19.1 Å². The zero-order chi connectivity index (χ0) is 21.5. The Hall–Kier alpha value is -3.95. The minimum Gasteiger partial charge on any atom is -0.350 e. The summed E-state index contributed by atoms with van der Waals surface area (Å²) in [5.74, 6) is -0.887. The Morgan fingerprint density at radius 2 is 1.90 bits per heavy atom. The third kappa shape index (κ3) is 3.45. The largest absolute Gasteiger partial charge is 0.350 e. The number of pyridine rings is 2. The first-order chi connectivity index (χ1) is 15.0. The molecule has 1 aliphatic heterocycles. The third-order valence-corrected chi connectivity index (χ3v) is 5.20. The van der Waals surface area contributed by atoms with Crippen molar-refractivity contribution in [3.8, 4) is 0 Å². The molecule has 0 bridgehead atoms. The fourth-order valence-electron chi connectivity index (χ4n) is 3.71. The van der Waals surface area contributed by atoms with Crippen LogP contribution in [-0.2, 0) is 13.0 Å². The summed E-state index contributed by atoms with van der Waals surface area (Å²) in [7, 11) is 0. The highest BCUT2D eigenvalue weighted by atomic mass is 19.1. The first-order valence-corrected chi connectivity index (χ1v) is 9.64. The van der Waals surface area contributed by atoms with Crippen LogP contribution in [0.2, 0.25) is 0 Å². The Morgan fingerprint density at radius 3 is 2.71 bits per heavy atom. The van der Waals surface area contributed by atoms with Gasteiger partial charge in [-0.15, -0.1) is 5.10 Å². The number of nitrogens with one attached hydrogen (secondary N) is 1. The molecule has 0 spiro atoms. The molecular weight excluding hydrogens is 404 g/mol. The number of nitrogens with zero attached hydrogens (tertiary/aromatic N) is 6. The number of aromatic nitrogens is 5. The number of aryl methyl sites for hydroxylation is 1. The van der Waals surface area contributed by atoms with Gasteiger partial charge in [0.05, 0.1) is 24.3 Å². The van der Waals surface area contributed by atoms with Gasteiger partial charge >= 0.3 is 0 Å². The van der Waals surface area contributed by atoms with Gasteiger partial charge in [0.2, 0.25) is 0 Å². The van der Waals surface area contributed by atoms with Crippen molar-refractivity contribution in [1.82, 2.24) is 24.6 Å². The van der Waals surface area contributed by atoms with Gasteiger partial charge < -0.3 is 10.2 Å². The molecule has 0 radical (unpaired) electrons. The smallest absolute Gasteiger partial charge is 0.274 e. The minimum atomic E-state index is -0.783. The van der Waals surface area contributed by atoms with Gasteiger partial charge in [-0.25, -0.2) is 13.8 Å². The lowest BCUT2D eigenvalue weighted by Crippen LogP contribution is -2.33. The van der Waals surface area contributed by atoms with Gasteiger partial charge in [0.25, 0.3) is 5.56 Å². The van der Waals surface area contributed by atoms with E-state index in [0.29, 0.717) is 36.7 Å². The van der Waals surface area contributed by atoms with Crippen LogP contribution in [-0.4, -0.2) is 31.1 Å². The summed E-state index contributed by atoms with van der Waals surface area (Å²) in [6.45, 7) is 3.09. The van der Waals surface area contributed by atoms with Gasteiger partial charge in [0, 0.05) is 37.5 Å². The lowest BCUT2D eigenvalue weighted by Gasteiger charge is -2.30. The predicted octanol–water partition coefficient (Wildman–Crippen LogP) is 2.77. The molecule has 0 fully saturated rings. The zero-order valence-electron chi connectivity index (χ0n) is 16.5. The van der Waals surface area contributed by atoms with Crippen LogP contribution < -0.4 is 15.8 Å². The van der Waals surface area contributed by atoms with E-state index in [1.54, 1.807) is 6.20 Å². The van der Waals surface area contributed by atoms with Crippen LogP contribution >= 0.6 is 0 Å². The molecule has 0 aliphatic carbocycles. The second-order valence-corrected chi connectivity index (χ2v) is 7.31. The van der Waals surface area contributed by atoms with Crippen molar-refractivity contribution in [2.75, 3.05) is 16.8 Å². The first kappa shape index (κ1) is 19.0. The topological polar surface area (TPSA) is 88.3 Å². The predicted molar refractivity (Wildman–Crippen MR) is 110 cm³/mol. The molecule has 156 valence electrons. The van der Waals surface area contributed by atoms with Crippen LogP contribution in [0.15, 0.2) is 47.8 Å². The molecule has 4 aromatic heterocycles. The Morgan fingerprint density at radius 1 is 1.10 bits per heavy atom. The molecule has 1 N–H and O–H groups in total. The number of halogens is 2. The molecule has 4 aromatic rings. The standard InChI is InChI=1S/C21H17F2N7O/c1-12-6-18-25-4-2-19(31)30(18)28-21(12)29-5-3-17-13(11-29)7-14(8-26-17)27-20-15(22)9-24-10-16(20)23/h2,4,6-10H,3,5,11H2,1H3,(H,24,27). The van der Waals surface area contributed by atoms with Crippen molar-refractivity contribution in [2.45, 2.75) is 19.9 Å². The molecule has 0 saturated heterocycles. The fourth-order valence-corrected chi connectivity index (χ4v) is 3.71. The summed E-state index contributed by atoms with van der Waals surface area (Å²) in [6.07, 6.45) is 5.59. The van der Waals surface area contributed by atoms with Gasteiger partial charge in [-0.2, -0.15) is 4.52 Å². The van der Waals surface area contributed by atoms with Crippen molar-refractivity contribution in [2.24, 2.45) is 0 Å². The average Bonchev–Trinajstić information content (AvgIpc) is 2.76. The van der Waals surface area contributed by atoms with Crippen molar-refractivity contribution in [1.29, 1.82) is 0 Å². The Kier molecular flexibility index (Phi) is 4.54. The fraction of sp³-hybridized carbons (Fsp3) is 0.190. The van der Waals surface area contributed by atoms with E-state index >= 15 is 0 Å². The highest BCUT2D eigenvalue weighted by molar-refractivity contribution is 5.61. The summed E-state index contributed by atoms with van der Waals surface area (Å²) in [5, 5.41) is 7.26. The van der Waals surface area contributed by atoms with E-state index in [0.717, 1.165) is 29.2 Å². The number of hydrogen-bond acceptors (Lipinski definition) is 7. The number of fused-ring (bicyclic) bond motifs is 2. The summed E-state index contributed by atoms with van der Waals surface area (Å²) in [4.78, 5) is 26.3. The highest BCUT2D eigenvalue weighted by Gasteiger charge is 2.22. The molecular formula is C21H17F2N7O. The van der Waals surface area contributed by atoms with Crippen LogP contribution in [0.25, 0.3) is 5.65 Å². The highest BCUT2D eigenvalue weighted by Crippen LogP contribution is 2.28. The van der Waals surface area contributed by atoms with Crippen molar-refractivity contribution >= 4 is 22.8 Å². The lowest BCUT2D eigenvalue weighted by atomic mass is 10.0. The molecule has 31 heavy (non-hydrogen) atoms. The van der Waals surface area contributed by atoms with E-state index in [4.69, 9.17) is 0 Å². The maximum absolute atomic E-state index is 13.9. The monoisotopic (exact) mass is 421 g/mol. The Bertz CT molecular complexity index is 1350. The average molecular weight is 421 g/mol. The maximum atomic E-state index is 13.9. The third-order valence-electron chi connectivity index (χ3n) is 5.20. The van der Waals surface area contributed by atoms with Gasteiger partial charge in [-0.1, -0.05) is 0 Å². The maximum Gasteiger partial charge on any atom is 0.274 e. The Balaban J connectivity index is 1.47. The first-order valence-electron chi connectivity index (χ1n) is 9.64. The Labute approximate surface area is 175 Å². The van der Waals surface area contributed by atoms with Crippen LogP contribution in [0.5, 0.6) is 0 Å². The van der Waals surface area contributed by atoms with Gasteiger partial charge in [0.1, 0.15) is 5.69 Å². The number of hydrogen-bond donors (Lipinski definition) is 1. The van der Waals surface area contributed by atoms with Gasteiger partial charge in [-0.3, -0.25) is 14.8 Å². The summed E-state index contributed by atoms with van der Waals surface area (Å²) in [5.41, 5.74) is 3.14. The van der Waals surface area contributed by atoms with E-state index < -0.39 is 11.6 Å². The van der Waals surface area contributed by atoms with Gasteiger partial charge in [0.15, 0.2) is 23.1 Å². The van der Waals surface area contributed by atoms with E-state index in [-0.39, 0.29) is 11.2 Å². The van der Waals surface area contributed by atoms with E-state index in [1.165, 1.54) is 16.8 Å². The zero-order valence-corrected chi connectivity index (χ0v) is 16.5. The molecule has 8 nitrogen and oxygen atoms in total. The SMILES string of the molecule is Cc1cc2nccc(=O)n2nc1N1CCc2ncc(Nc3c(F)cncc3F)cc2C1. The van der Waals surface area contributed by atoms with Crippen molar-refractivity contribution in [3.05, 3.63) is 81.8 Å². The molecule has 5 heterocycles. The van der Waals surface area contributed by atoms with Crippen LogP contribution in [0.4, 0.5) is 26.0 Å². The van der Waals surface area contributed by atoms with E-state index in [9.17, 15) is 13.6 Å². The van der Waals surface area contributed by atoms with Crippen LogP contribution in [0, 0.1) is 18.6 Å². The molecule has 10 heteroatoms. The molecule has 0 saturated carbocycles. The summed E-state index contributed by atoms with van der Waals surface area (Å²) in [6, 6.07) is 5.01. The second kappa shape index (κ2) is 7.38. The van der Waals surface area contributed by atoms with Crippen LogP contribution in [0.3, 0.4) is 0 Å². The van der Waals surface area contributed by atoms with E-state index in [2.05, 4.69) is 30.3 Å². The second-order valence-electron chi connectivity index (χ2n) is 7.31. The normalized spacial score (nSPS) is 13.3. The van der Waals surface area contributed by atoms with Crippen molar-refractivity contribution < 1.29 is 8.78 Å². The molecule has 0 unspecified atom stereocenters. The molecule has 0 atom stereocenters. The number of rotatable bonds is 3. The summed E-state index contributed by atoms with van der Waals surface area (Å²) >= 11 is 0. The number of anilines is 3. The minimum absolute atomic E-state index is 0.252. The molecule has 1 aliphatic rings. The van der Waals surface area contributed by atoms with Crippen LogP contribution in [0.1, 0.15) is 16.8 Å². The van der Waals surface area contributed by atoms with Crippen molar-refractivity contribution in [3.63, 3.8) is 0 Å². The quantitative estimate of drug-likeness (QED) is 0.544. The molecule has 5 rings (SSSR count). The summed E-state index contributed by atoms with van der Waals surface area (Å²) < 4.78 is 29.1. The molecule has 0 amide bonds.